The lowest BCUT2D eigenvalue weighted by Gasteiger charge is -2.24. The molecule has 0 heterocycles. The minimum atomic E-state index is -4.21. The van der Waals surface area contributed by atoms with Crippen LogP contribution in [0.5, 0.6) is 5.75 Å². The molecule has 0 aromatic heterocycles. The van der Waals surface area contributed by atoms with Crippen LogP contribution in [0.3, 0.4) is 0 Å². The number of nitrogens with zero attached hydrogens (tertiary/aromatic N) is 1. The van der Waals surface area contributed by atoms with Gasteiger partial charge in [0.15, 0.2) is 0 Å². The molecule has 0 radical (unpaired) electrons. The summed E-state index contributed by atoms with van der Waals surface area (Å²) < 4.78 is 42.9. The highest BCUT2D eigenvalue weighted by Gasteiger charge is 2.28. The van der Waals surface area contributed by atoms with Gasteiger partial charge < -0.3 is 19.5 Å². The maximum atomic E-state index is 13.6. The topological polar surface area (TPSA) is 128 Å². The van der Waals surface area contributed by atoms with Crippen molar-refractivity contribution in [3.05, 3.63) is 82.9 Å². The van der Waals surface area contributed by atoms with Crippen LogP contribution in [0.2, 0.25) is 5.02 Å². The van der Waals surface area contributed by atoms with Crippen LogP contribution in [0.15, 0.2) is 71.6 Å². The molecule has 0 aliphatic rings. The van der Waals surface area contributed by atoms with E-state index in [0.717, 1.165) is 4.31 Å². The standard InChI is InChI=1S/C26H25ClN2O8S/c1-4-37-22-9-7-21(8-10-22)29(38(33,34)23-11-5-19(27)6-12-23)16-24(30)28-20-14-17(25(31)35-2)13-18(15-20)26(32)36-3/h5-15H,4,16H2,1-3H3,(H,28,30). The van der Waals surface area contributed by atoms with Crippen molar-refractivity contribution >= 4 is 50.8 Å². The van der Waals surface area contributed by atoms with Gasteiger partial charge in [-0.15, -0.1) is 0 Å². The Morgan fingerprint density at radius 3 is 1.92 bits per heavy atom. The number of hydrogen-bond donors (Lipinski definition) is 1. The van der Waals surface area contributed by atoms with E-state index in [0.29, 0.717) is 17.4 Å². The third-order valence-corrected chi connectivity index (χ3v) is 7.22. The fourth-order valence-electron chi connectivity index (χ4n) is 3.43. The van der Waals surface area contributed by atoms with E-state index in [9.17, 15) is 22.8 Å². The third-order valence-electron chi connectivity index (χ3n) is 5.18. The largest absolute Gasteiger partial charge is 0.494 e. The first-order valence-electron chi connectivity index (χ1n) is 11.2. The van der Waals surface area contributed by atoms with Crippen molar-refractivity contribution in [1.82, 2.24) is 0 Å². The Morgan fingerprint density at radius 2 is 1.42 bits per heavy atom. The van der Waals surface area contributed by atoms with Gasteiger partial charge in [-0.1, -0.05) is 11.6 Å². The summed E-state index contributed by atoms with van der Waals surface area (Å²) in [7, 11) is -1.87. The van der Waals surface area contributed by atoms with E-state index in [1.807, 2.05) is 6.92 Å². The van der Waals surface area contributed by atoms with Crippen molar-refractivity contribution < 1.29 is 37.0 Å². The number of ether oxygens (including phenoxy) is 3. The second kappa shape index (κ2) is 12.4. The third kappa shape index (κ3) is 6.81. The van der Waals surface area contributed by atoms with Crippen molar-refractivity contribution in [2.75, 3.05) is 37.0 Å². The van der Waals surface area contributed by atoms with Crippen LogP contribution in [0.4, 0.5) is 11.4 Å². The lowest BCUT2D eigenvalue weighted by molar-refractivity contribution is -0.114. The lowest BCUT2D eigenvalue weighted by Crippen LogP contribution is -2.38. The minimum absolute atomic E-state index is 0.0112. The van der Waals surface area contributed by atoms with E-state index >= 15 is 0 Å². The van der Waals surface area contributed by atoms with Gasteiger partial charge in [0.05, 0.1) is 42.5 Å². The Hall–Kier alpha value is -4.09. The van der Waals surface area contributed by atoms with E-state index in [-0.39, 0.29) is 27.4 Å². The molecule has 3 rings (SSSR count). The average Bonchev–Trinajstić information content (AvgIpc) is 2.91. The summed E-state index contributed by atoms with van der Waals surface area (Å²) in [5, 5.41) is 2.89. The first kappa shape index (κ1) is 28.5. The number of esters is 2. The predicted octanol–water partition coefficient (Wildman–Crippen LogP) is 4.15. The molecule has 3 aromatic carbocycles. The molecule has 3 aromatic rings. The van der Waals surface area contributed by atoms with E-state index in [2.05, 4.69) is 5.32 Å². The number of carbonyl (C=O) groups is 3. The summed E-state index contributed by atoms with van der Waals surface area (Å²) in [6, 6.07) is 15.6. The Bertz CT molecular complexity index is 1390. The Labute approximate surface area is 225 Å². The highest BCUT2D eigenvalue weighted by molar-refractivity contribution is 7.92. The molecular weight excluding hydrogens is 536 g/mol. The summed E-state index contributed by atoms with van der Waals surface area (Å²) in [4.78, 5) is 37.2. The number of benzene rings is 3. The Kier molecular flexibility index (Phi) is 9.32. The van der Waals surface area contributed by atoms with Gasteiger partial charge in [-0.05, 0) is 73.7 Å². The van der Waals surface area contributed by atoms with Crippen molar-refractivity contribution in [1.29, 1.82) is 0 Å². The van der Waals surface area contributed by atoms with Crippen LogP contribution < -0.4 is 14.4 Å². The van der Waals surface area contributed by atoms with E-state index in [1.165, 1.54) is 68.8 Å². The van der Waals surface area contributed by atoms with Crippen LogP contribution in [-0.2, 0) is 24.3 Å². The van der Waals surface area contributed by atoms with Gasteiger partial charge in [-0.25, -0.2) is 18.0 Å². The van der Waals surface area contributed by atoms with Crippen molar-refractivity contribution in [2.45, 2.75) is 11.8 Å². The molecule has 0 aliphatic heterocycles. The molecule has 12 heteroatoms. The number of nitrogens with one attached hydrogen (secondary N) is 1. The van der Waals surface area contributed by atoms with Crippen molar-refractivity contribution in [3.8, 4) is 5.75 Å². The first-order valence-corrected chi connectivity index (χ1v) is 13.0. The lowest BCUT2D eigenvalue weighted by atomic mass is 10.1. The molecule has 200 valence electrons. The van der Waals surface area contributed by atoms with E-state index in [4.69, 9.17) is 25.8 Å². The zero-order chi connectivity index (χ0) is 27.9. The zero-order valence-electron chi connectivity index (χ0n) is 20.8. The van der Waals surface area contributed by atoms with Crippen LogP contribution >= 0.6 is 11.6 Å². The molecule has 0 fully saturated rings. The summed E-state index contributed by atoms with van der Waals surface area (Å²) >= 11 is 5.92. The van der Waals surface area contributed by atoms with E-state index in [1.54, 1.807) is 12.1 Å². The summed E-state index contributed by atoms with van der Waals surface area (Å²) in [5.74, 6) is -1.70. The van der Waals surface area contributed by atoms with E-state index < -0.39 is 34.4 Å². The molecule has 0 spiro atoms. The molecule has 0 atom stereocenters. The molecule has 1 amide bonds. The average molecular weight is 561 g/mol. The molecule has 0 saturated carbocycles. The normalized spacial score (nSPS) is 10.8. The Morgan fingerprint density at radius 1 is 0.868 bits per heavy atom. The van der Waals surface area contributed by atoms with Crippen LogP contribution in [0, 0.1) is 0 Å². The van der Waals surface area contributed by atoms with Crippen molar-refractivity contribution in [3.63, 3.8) is 0 Å². The second-order valence-corrected chi connectivity index (χ2v) is 10.0. The number of amides is 1. The number of hydrogen-bond acceptors (Lipinski definition) is 8. The number of anilines is 2. The number of rotatable bonds is 10. The fraction of sp³-hybridized carbons (Fsp3) is 0.192. The highest BCUT2D eigenvalue weighted by atomic mass is 35.5. The zero-order valence-corrected chi connectivity index (χ0v) is 22.3. The van der Waals surface area contributed by atoms with Gasteiger partial charge in [0.2, 0.25) is 5.91 Å². The molecule has 10 nitrogen and oxygen atoms in total. The molecule has 0 saturated heterocycles. The predicted molar refractivity (Wildman–Crippen MR) is 141 cm³/mol. The molecular formula is C26H25ClN2O8S. The number of methoxy groups -OCH3 is 2. The summed E-state index contributed by atoms with van der Waals surface area (Å²) in [6.07, 6.45) is 0. The smallest absolute Gasteiger partial charge is 0.337 e. The van der Waals surface area contributed by atoms with Gasteiger partial charge in [-0.2, -0.15) is 0 Å². The number of halogens is 1. The van der Waals surface area contributed by atoms with Gasteiger partial charge in [0, 0.05) is 10.7 Å². The number of sulfonamides is 1. The van der Waals surface area contributed by atoms with Crippen LogP contribution in [0.1, 0.15) is 27.6 Å². The fourth-order valence-corrected chi connectivity index (χ4v) is 4.97. The Balaban J connectivity index is 1.97. The molecule has 0 bridgehead atoms. The SMILES string of the molecule is CCOc1ccc(N(CC(=O)Nc2cc(C(=O)OC)cc(C(=O)OC)c2)S(=O)(=O)c2ccc(Cl)cc2)cc1. The minimum Gasteiger partial charge on any atom is -0.494 e. The van der Waals surface area contributed by atoms with Gasteiger partial charge >= 0.3 is 11.9 Å². The number of carbonyl (C=O) groups excluding carboxylic acids is 3. The summed E-state index contributed by atoms with van der Waals surface area (Å²) in [5.41, 5.74) is 0.247. The van der Waals surface area contributed by atoms with Crippen molar-refractivity contribution in [2.24, 2.45) is 0 Å². The molecule has 1 N–H and O–H groups in total. The quantitative estimate of drug-likeness (QED) is 0.366. The van der Waals surface area contributed by atoms with Gasteiger partial charge in [0.25, 0.3) is 10.0 Å². The molecule has 0 aliphatic carbocycles. The molecule has 38 heavy (non-hydrogen) atoms. The van der Waals surface area contributed by atoms with Gasteiger partial charge in [0.1, 0.15) is 12.3 Å². The molecule has 0 unspecified atom stereocenters. The van der Waals surface area contributed by atoms with Gasteiger partial charge in [-0.3, -0.25) is 9.10 Å². The summed E-state index contributed by atoms with van der Waals surface area (Å²) in [6.45, 7) is 1.61. The van der Waals surface area contributed by atoms with Crippen LogP contribution in [-0.4, -0.2) is 53.6 Å². The highest BCUT2D eigenvalue weighted by Crippen LogP contribution is 2.27. The maximum absolute atomic E-state index is 13.6. The monoisotopic (exact) mass is 560 g/mol. The second-order valence-electron chi connectivity index (χ2n) is 7.72. The van der Waals surface area contributed by atoms with Crippen LogP contribution in [0.25, 0.3) is 0 Å². The first-order chi connectivity index (χ1) is 18.1. The maximum Gasteiger partial charge on any atom is 0.337 e.